The van der Waals surface area contributed by atoms with Gasteiger partial charge in [0.1, 0.15) is 11.9 Å². The number of hydrogen-bond acceptors (Lipinski definition) is 4. The molecule has 2 fully saturated rings. The van der Waals surface area contributed by atoms with Crippen LogP contribution >= 0.6 is 0 Å². The number of carbonyl (C=O) groups excluding carboxylic acids is 1. The normalized spacial score (nSPS) is 23.3. The molecular formula is C11H17N5O. The average Bonchev–Trinajstić information content (AvgIpc) is 3.00. The highest BCUT2D eigenvalue weighted by atomic mass is 16.2. The number of amides is 1. The number of rotatable bonds is 3. The second-order valence-electron chi connectivity index (χ2n) is 5.09. The zero-order valence-electron chi connectivity index (χ0n) is 9.80. The molecule has 0 atom stereocenters. The topological polar surface area (TPSA) is 72.7 Å². The quantitative estimate of drug-likeness (QED) is 0.833. The highest BCUT2D eigenvalue weighted by molar-refractivity contribution is 5.84. The molecule has 2 aliphatic carbocycles. The number of nitrogens with zero attached hydrogens (tertiary/aromatic N) is 4. The molecule has 2 aliphatic rings. The minimum atomic E-state index is -0.537. The molecule has 1 aromatic rings. The summed E-state index contributed by atoms with van der Waals surface area (Å²) in [5.74, 6) is 0.104. The molecule has 17 heavy (non-hydrogen) atoms. The molecule has 0 radical (unpaired) electrons. The van der Waals surface area contributed by atoms with Gasteiger partial charge in [0.2, 0.25) is 5.91 Å². The van der Waals surface area contributed by atoms with E-state index < -0.39 is 5.54 Å². The van der Waals surface area contributed by atoms with Crippen LogP contribution in [0.15, 0.2) is 6.33 Å². The molecule has 0 aromatic carbocycles. The summed E-state index contributed by atoms with van der Waals surface area (Å²) in [6, 6.07) is 0.387. The Balaban J connectivity index is 1.86. The lowest BCUT2D eigenvalue weighted by atomic mass is 9.81. The molecule has 0 bridgehead atoms. The predicted molar refractivity (Wildman–Crippen MR) is 60.0 cm³/mol. The molecule has 0 unspecified atom stereocenters. The van der Waals surface area contributed by atoms with Crippen molar-refractivity contribution in [3.8, 4) is 0 Å². The second kappa shape index (κ2) is 4.09. The molecule has 92 valence electrons. The summed E-state index contributed by atoms with van der Waals surface area (Å²) in [7, 11) is 0. The van der Waals surface area contributed by atoms with E-state index in [1.165, 1.54) is 6.42 Å². The molecule has 3 rings (SSSR count). The zero-order valence-corrected chi connectivity index (χ0v) is 9.80. The summed E-state index contributed by atoms with van der Waals surface area (Å²) in [6.07, 6.45) is 8.80. The van der Waals surface area contributed by atoms with Gasteiger partial charge in [-0.2, -0.15) is 0 Å². The molecule has 1 aromatic heterocycles. The van der Waals surface area contributed by atoms with E-state index in [2.05, 4.69) is 20.8 Å². The first kappa shape index (κ1) is 10.7. The standard InChI is InChI=1S/C11H17N5O/c17-10(13-9-4-5-9)11(6-2-1-3-7-11)16-8-12-14-15-16/h8-9H,1-7H2,(H,13,17). The summed E-state index contributed by atoms with van der Waals surface area (Å²) >= 11 is 0. The molecular weight excluding hydrogens is 218 g/mol. The number of hydrogen-bond donors (Lipinski definition) is 1. The lowest BCUT2D eigenvalue weighted by molar-refractivity contribution is -0.132. The molecule has 1 N–H and O–H groups in total. The summed E-state index contributed by atoms with van der Waals surface area (Å²) in [5.41, 5.74) is -0.537. The summed E-state index contributed by atoms with van der Waals surface area (Å²) in [4.78, 5) is 12.4. The van der Waals surface area contributed by atoms with Crippen molar-refractivity contribution in [3.63, 3.8) is 0 Å². The van der Waals surface area contributed by atoms with E-state index in [1.54, 1.807) is 11.0 Å². The summed E-state index contributed by atoms with van der Waals surface area (Å²) in [6.45, 7) is 0. The third-order valence-corrected chi connectivity index (χ3v) is 3.80. The molecule has 2 saturated carbocycles. The van der Waals surface area contributed by atoms with Gasteiger partial charge in [-0.05, 0) is 36.1 Å². The Morgan fingerprint density at radius 1 is 1.29 bits per heavy atom. The first-order valence-electron chi connectivity index (χ1n) is 6.36. The molecule has 0 spiro atoms. The van der Waals surface area contributed by atoms with Gasteiger partial charge in [0.05, 0.1) is 0 Å². The second-order valence-corrected chi connectivity index (χ2v) is 5.09. The average molecular weight is 235 g/mol. The number of carbonyl (C=O) groups is 1. The van der Waals surface area contributed by atoms with Gasteiger partial charge in [-0.3, -0.25) is 4.79 Å². The van der Waals surface area contributed by atoms with Crippen molar-refractivity contribution in [1.29, 1.82) is 0 Å². The maximum absolute atomic E-state index is 12.4. The third-order valence-electron chi connectivity index (χ3n) is 3.80. The SMILES string of the molecule is O=C(NC1CC1)C1(n2cnnn2)CCCCC1. The maximum atomic E-state index is 12.4. The van der Waals surface area contributed by atoms with Crippen LogP contribution in [0.5, 0.6) is 0 Å². The summed E-state index contributed by atoms with van der Waals surface area (Å²) in [5, 5.41) is 14.4. The van der Waals surface area contributed by atoms with Gasteiger partial charge in [0.25, 0.3) is 0 Å². The van der Waals surface area contributed by atoms with Crippen LogP contribution < -0.4 is 5.32 Å². The van der Waals surface area contributed by atoms with Crippen molar-refractivity contribution in [2.75, 3.05) is 0 Å². The van der Waals surface area contributed by atoms with Gasteiger partial charge in [-0.25, -0.2) is 4.68 Å². The van der Waals surface area contributed by atoms with Crippen molar-refractivity contribution >= 4 is 5.91 Å². The Kier molecular flexibility index (Phi) is 2.57. The maximum Gasteiger partial charge on any atom is 0.248 e. The van der Waals surface area contributed by atoms with Gasteiger partial charge in [0.15, 0.2) is 0 Å². The van der Waals surface area contributed by atoms with Crippen LogP contribution in [0, 0.1) is 0 Å². The highest BCUT2D eigenvalue weighted by Gasteiger charge is 2.44. The first-order valence-corrected chi connectivity index (χ1v) is 6.36. The van der Waals surface area contributed by atoms with Crippen LogP contribution in [0.3, 0.4) is 0 Å². The zero-order chi connectivity index (χ0) is 11.7. The Labute approximate surface area is 99.8 Å². The molecule has 1 heterocycles. The Hall–Kier alpha value is -1.46. The van der Waals surface area contributed by atoms with Crippen LogP contribution in [0.4, 0.5) is 0 Å². The van der Waals surface area contributed by atoms with Crippen LogP contribution in [-0.2, 0) is 10.3 Å². The highest BCUT2D eigenvalue weighted by Crippen LogP contribution is 2.35. The van der Waals surface area contributed by atoms with Gasteiger partial charge in [-0.15, -0.1) is 5.10 Å². The number of tetrazole rings is 1. The van der Waals surface area contributed by atoms with E-state index in [9.17, 15) is 4.79 Å². The van der Waals surface area contributed by atoms with E-state index in [4.69, 9.17) is 0 Å². The van der Waals surface area contributed by atoms with E-state index >= 15 is 0 Å². The fourth-order valence-electron chi connectivity index (χ4n) is 2.60. The van der Waals surface area contributed by atoms with Crippen molar-refractivity contribution < 1.29 is 4.79 Å². The smallest absolute Gasteiger partial charge is 0.248 e. The van der Waals surface area contributed by atoms with E-state index in [1.807, 2.05) is 0 Å². The van der Waals surface area contributed by atoms with Gasteiger partial charge < -0.3 is 5.32 Å². The molecule has 6 heteroatoms. The van der Waals surface area contributed by atoms with Gasteiger partial charge in [-0.1, -0.05) is 19.3 Å². The fraction of sp³-hybridized carbons (Fsp3) is 0.818. The van der Waals surface area contributed by atoms with Crippen LogP contribution in [-0.4, -0.2) is 32.2 Å². The van der Waals surface area contributed by atoms with E-state index in [0.717, 1.165) is 38.5 Å². The van der Waals surface area contributed by atoms with Crippen molar-refractivity contribution in [2.24, 2.45) is 0 Å². The van der Waals surface area contributed by atoms with Crippen molar-refractivity contribution in [2.45, 2.75) is 56.5 Å². The molecule has 1 amide bonds. The predicted octanol–water partition coefficient (Wildman–Crippen LogP) is 0.611. The largest absolute Gasteiger partial charge is 0.351 e. The Bertz CT molecular complexity index is 392. The van der Waals surface area contributed by atoms with Crippen LogP contribution in [0.25, 0.3) is 0 Å². The molecule has 6 nitrogen and oxygen atoms in total. The van der Waals surface area contributed by atoms with Crippen molar-refractivity contribution in [3.05, 3.63) is 6.33 Å². The Morgan fingerprint density at radius 2 is 2.06 bits per heavy atom. The van der Waals surface area contributed by atoms with Crippen LogP contribution in [0.1, 0.15) is 44.9 Å². The fourth-order valence-corrected chi connectivity index (χ4v) is 2.60. The lowest BCUT2D eigenvalue weighted by Crippen LogP contribution is -2.51. The lowest BCUT2D eigenvalue weighted by Gasteiger charge is -2.35. The molecule has 0 saturated heterocycles. The summed E-state index contributed by atoms with van der Waals surface area (Å²) < 4.78 is 1.66. The van der Waals surface area contributed by atoms with Gasteiger partial charge >= 0.3 is 0 Å². The first-order chi connectivity index (χ1) is 8.31. The van der Waals surface area contributed by atoms with E-state index in [-0.39, 0.29) is 5.91 Å². The minimum Gasteiger partial charge on any atom is -0.351 e. The number of nitrogens with one attached hydrogen (secondary N) is 1. The van der Waals surface area contributed by atoms with Crippen LogP contribution in [0.2, 0.25) is 0 Å². The Morgan fingerprint density at radius 3 is 2.65 bits per heavy atom. The minimum absolute atomic E-state index is 0.104. The third kappa shape index (κ3) is 1.92. The number of aromatic nitrogens is 4. The van der Waals surface area contributed by atoms with E-state index in [0.29, 0.717) is 6.04 Å². The molecule has 0 aliphatic heterocycles. The van der Waals surface area contributed by atoms with Crippen molar-refractivity contribution in [1.82, 2.24) is 25.5 Å². The monoisotopic (exact) mass is 235 g/mol. The van der Waals surface area contributed by atoms with Gasteiger partial charge in [0, 0.05) is 6.04 Å².